The van der Waals surface area contributed by atoms with E-state index >= 15 is 9.59 Å². The molecule has 16 rings (SSSR count). The van der Waals surface area contributed by atoms with Crippen LogP contribution in [-0.4, -0.2) is 155 Å². The Morgan fingerprint density at radius 3 is 2.43 bits per heavy atom. The molecule has 10 N–H and O–H groups in total. The molecule has 24 unspecified atom stereocenters. The van der Waals surface area contributed by atoms with Gasteiger partial charge in [-0.15, -0.1) is 0 Å². The fourth-order valence-electron chi connectivity index (χ4n) is 23.6. The first-order valence-electron chi connectivity index (χ1n) is 33.4. The predicted octanol–water partition coefficient (Wildman–Crippen LogP) is 7.70. The monoisotopic (exact) mass is 1230 g/mol. The first-order valence-corrected chi connectivity index (χ1v) is 35.8. The number of ether oxygens (including phenoxy) is 2. The Morgan fingerprint density at radius 1 is 0.895 bits per heavy atom. The number of epoxide rings is 1. The molecule has 1 aromatic carbocycles. The fraction of sp³-hybridized carbons (Fsp3) is 0.797. The summed E-state index contributed by atoms with van der Waals surface area (Å²) in [5, 5.41) is 119. The average Bonchev–Trinajstić information content (AvgIpc) is 1.03. The fourth-order valence-corrected chi connectivity index (χ4v) is 26.6. The second-order valence-electron chi connectivity index (χ2n) is 31.2. The summed E-state index contributed by atoms with van der Waals surface area (Å²) >= 11 is 0. The van der Waals surface area contributed by atoms with Crippen molar-refractivity contribution in [2.45, 2.75) is 220 Å². The molecule has 86 heavy (non-hydrogen) atoms. The Balaban J connectivity index is 0.917. The summed E-state index contributed by atoms with van der Waals surface area (Å²) in [6.07, 6.45) is 19.1. The van der Waals surface area contributed by atoms with Crippen LogP contribution in [0.5, 0.6) is 5.75 Å². The van der Waals surface area contributed by atoms with Gasteiger partial charge in [0.2, 0.25) is 5.91 Å². The van der Waals surface area contributed by atoms with Crippen LogP contribution in [0.25, 0.3) is 0 Å². The molecule has 474 valence electrons. The summed E-state index contributed by atoms with van der Waals surface area (Å²) in [5.41, 5.74) is -11.4. The van der Waals surface area contributed by atoms with Crippen molar-refractivity contribution >= 4 is 39.0 Å². The molecule has 0 aromatic heterocycles. The number of nitrogens with zero attached hydrogens (tertiary/aromatic N) is 1. The number of fused-ring (bicyclic) bond motifs is 3. The van der Waals surface area contributed by atoms with Crippen LogP contribution in [0.1, 0.15) is 155 Å². The van der Waals surface area contributed by atoms with E-state index in [0.29, 0.717) is 80.2 Å². The number of ketones is 1. The molecule has 0 radical (unpaired) electrons. The number of carbonyl (C=O) groups excluding carboxylic acids is 2. The molecule has 3 saturated heterocycles. The van der Waals surface area contributed by atoms with E-state index in [1.54, 1.807) is 25.3 Å². The minimum Gasteiger partial charge on any atom is -0.508 e. The van der Waals surface area contributed by atoms with Gasteiger partial charge < -0.3 is 65.6 Å². The van der Waals surface area contributed by atoms with Crippen LogP contribution in [0.2, 0.25) is 0 Å². The topological polar surface area (TPSA) is 253 Å². The highest BCUT2D eigenvalue weighted by Gasteiger charge is 2.80. The highest BCUT2D eigenvalue weighted by atomic mass is 33.1. The molecule has 9 fully saturated rings. The number of hydrogen-bond donors (Lipinski definition) is 10. The number of rotatable bonds is 7. The van der Waals surface area contributed by atoms with Crippen molar-refractivity contribution < 1.29 is 65.0 Å². The lowest BCUT2D eigenvalue weighted by atomic mass is 9.38. The van der Waals surface area contributed by atoms with Gasteiger partial charge in [-0.1, -0.05) is 99.3 Å². The Kier molecular flexibility index (Phi) is 15.2. The summed E-state index contributed by atoms with van der Waals surface area (Å²) in [6, 6.07) is 5.36. The van der Waals surface area contributed by atoms with Crippen molar-refractivity contribution in [3.63, 3.8) is 0 Å². The minimum absolute atomic E-state index is 0.0276. The number of hydrogen-bond acceptors (Lipinski definition) is 16. The third-order valence-corrected chi connectivity index (χ3v) is 30.6. The number of phenols is 1. The molecule has 5 spiro atoms. The highest BCUT2D eigenvalue weighted by Crippen LogP contribution is 2.77. The molecule has 6 saturated carbocycles. The largest absolute Gasteiger partial charge is 0.508 e. The quantitative estimate of drug-likeness (QED) is 0.0713. The number of aliphatic hydroxyl groups is 8. The predicted molar refractivity (Wildman–Crippen MR) is 329 cm³/mol. The first kappa shape index (κ1) is 61.2. The second kappa shape index (κ2) is 21.3. The Bertz CT molecular complexity index is 2940. The van der Waals surface area contributed by atoms with E-state index in [-0.39, 0.29) is 92.0 Å². The van der Waals surface area contributed by atoms with Crippen LogP contribution in [-0.2, 0) is 25.5 Å². The van der Waals surface area contributed by atoms with Crippen molar-refractivity contribution in [2.75, 3.05) is 37.5 Å². The van der Waals surface area contributed by atoms with E-state index in [1.807, 2.05) is 24.0 Å². The van der Waals surface area contributed by atoms with E-state index in [4.69, 9.17) is 9.47 Å². The number of phenolic OH excluding ortho intramolecular Hbond substituents is 1. The van der Waals surface area contributed by atoms with Gasteiger partial charge in [-0.3, -0.25) is 9.59 Å². The summed E-state index contributed by atoms with van der Waals surface area (Å²) < 4.78 is 12.5. The highest BCUT2D eigenvalue weighted by molar-refractivity contribution is 8.76. The molecule has 8 bridgehead atoms. The number of aryl methyl sites for hydroxylation is 1. The molecule has 15 aliphatic rings. The standard InChI is InChI=1S/C69H98N2O13S2/c1-38(2)39(3)56-58(84-56)67(81)21-10-13-42-28-50-51-31-54(75)66(32-55(76)64(80,37-73)35-61(50,66)4)60(79)86-85-34-44-12-9-11-43(33-72)69(44)59(78)71(45-25-40(26-46(74)29-45)16-23-65(42)53(67)18-24-68(51,65)82)36-62(69)22-17-48(57(62)77)52-27-41-14-15-47(83-5)30-49(41)63(70-52)19-7-6-8-20-63/h10,13-15,25-26,29,31,38-39,41-44,47-50,52-53,55-58,60,70,72-74,76-77,79-82H,6-9,11-12,16-24,27-28,30,32-37H2,1-5H3. The Hall–Kier alpha value is -2.36. The van der Waals surface area contributed by atoms with Gasteiger partial charge in [0, 0.05) is 72.0 Å². The van der Waals surface area contributed by atoms with Crippen molar-refractivity contribution in [3.05, 3.63) is 59.7 Å². The summed E-state index contributed by atoms with van der Waals surface area (Å²) in [4.78, 5) is 34.6. The normalized spacial score (nSPS) is 50.5. The maximum atomic E-state index is 16.8. The molecule has 1 amide bonds. The third kappa shape index (κ3) is 8.19. The Morgan fingerprint density at radius 2 is 1.69 bits per heavy atom. The summed E-state index contributed by atoms with van der Waals surface area (Å²) in [7, 11) is 4.31. The van der Waals surface area contributed by atoms with Crippen LogP contribution in [0.15, 0.2) is 54.2 Å². The molecule has 17 heteroatoms. The number of nitrogens with one attached hydrogen (secondary N) is 1. The number of aromatic hydroxyl groups is 1. The number of methoxy groups -OCH3 is 1. The lowest BCUT2D eigenvalue weighted by molar-refractivity contribution is -0.235. The molecule has 24 atom stereocenters. The summed E-state index contributed by atoms with van der Waals surface area (Å²) in [6.45, 7) is 7.51. The van der Waals surface area contributed by atoms with Crippen molar-refractivity contribution in [1.29, 1.82) is 0 Å². The second-order valence-corrected chi connectivity index (χ2v) is 33.7. The lowest BCUT2D eigenvalue weighted by Gasteiger charge is -2.68. The number of allylic oxidation sites excluding steroid dienone is 3. The van der Waals surface area contributed by atoms with Crippen LogP contribution >= 0.6 is 21.6 Å². The molecule has 15 nitrogen and oxygen atoms in total. The molecule has 9 aliphatic carbocycles. The molecule has 6 aliphatic heterocycles. The average molecular weight is 1230 g/mol. The zero-order valence-electron chi connectivity index (χ0n) is 51.3. The van der Waals surface area contributed by atoms with E-state index in [2.05, 4.69) is 44.3 Å². The van der Waals surface area contributed by atoms with E-state index in [0.717, 1.165) is 61.3 Å². The minimum atomic E-state index is -2.04. The van der Waals surface area contributed by atoms with Crippen LogP contribution < -0.4 is 10.2 Å². The van der Waals surface area contributed by atoms with Gasteiger partial charge in [0.1, 0.15) is 28.5 Å². The zero-order chi connectivity index (χ0) is 60.5. The van der Waals surface area contributed by atoms with E-state index < -0.39 is 110 Å². The Labute approximate surface area is 516 Å². The SMILES string of the molecule is COC1C=CC2CC(C3CCC4(CN5C(=O)C46C(CO)CCCC6CSSC(O)C46CC(O)C(O)(CO)CC4(C)C4CC7C=CCC(O)(C8OC8C(C)C(C)C)C8CCC(O)(C4=CC6=O)C78CCc4cc(O)cc5c4)C3O)NC3(CCCCC3)C2C1. The van der Waals surface area contributed by atoms with Gasteiger partial charge in [0.25, 0.3) is 0 Å². The number of amides is 1. The van der Waals surface area contributed by atoms with E-state index in [1.165, 1.54) is 17.2 Å². The van der Waals surface area contributed by atoms with Crippen molar-refractivity contribution in [3.8, 4) is 5.75 Å². The molecule has 6 heterocycles. The molecular weight excluding hydrogens is 1130 g/mol. The van der Waals surface area contributed by atoms with Crippen LogP contribution in [0.4, 0.5) is 5.69 Å². The van der Waals surface area contributed by atoms with Crippen LogP contribution in [0.3, 0.4) is 0 Å². The first-order chi connectivity index (χ1) is 41.0. The van der Waals surface area contributed by atoms with Gasteiger partial charge in [-0.2, -0.15) is 0 Å². The lowest BCUT2D eigenvalue weighted by Crippen LogP contribution is -2.72. The number of anilines is 1. The molecule has 1 aromatic rings. The number of benzene rings is 1. The van der Waals surface area contributed by atoms with Gasteiger partial charge in [0.05, 0.1) is 47.5 Å². The van der Waals surface area contributed by atoms with Crippen LogP contribution in [0, 0.1) is 86.3 Å². The van der Waals surface area contributed by atoms with Crippen molar-refractivity contribution in [1.82, 2.24) is 5.32 Å². The van der Waals surface area contributed by atoms with Gasteiger partial charge in [0.15, 0.2) is 5.78 Å². The number of carbonyl (C=O) groups is 2. The maximum Gasteiger partial charge on any atom is 0.234 e. The number of piperidine rings is 1. The van der Waals surface area contributed by atoms with Gasteiger partial charge in [-0.25, -0.2) is 0 Å². The summed E-state index contributed by atoms with van der Waals surface area (Å²) in [5.74, 6) is -1.87. The van der Waals surface area contributed by atoms with Gasteiger partial charge >= 0.3 is 0 Å². The van der Waals surface area contributed by atoms with Crippen molar-refractivity contribution in [2.24, 2.45) is 86.3 Å². The smallest absolute Gasteiger partial charge is 0.234 e. The maximum absolute atomic E-state index is 16.8. The van der Waals surface area contributed by atoms with Gasteiger partial charge in [-0.05, 0) is 185 Å². The van der Waals surface area contributed by atoms with E-state index in [9.17, 15) is 46.0 Å². The zero-order valence-corrected chi connectivity index (χ0v) is 53.0. The third-order valence-electron chi connectivity index (χ3n) is 28.0. The molecular formula is C69H98N2O13S2. The number of aliphatic hydroxyl groups excluding tert-OH is 5.